The first kappa shape index (κ1) is 10.3. The molecular formula is C12H10O4. The third-order valence-electron chi connectivity index (χ3n) is 1.88. The number of carbonyl (C=O) groups is 1. The second-order valence-electron chi connectivity index (χ2n) is 3.06. The number of hydrogen-bond donors (Lipinski definition) is 0. The summed E-state index contributed by atoms with van der Waals surface area (Å²) >= 11 is 0. The molecular weight excluding hydrogens is 208 g/mol. The van der Waals surface area contributed by atoms with E-state index in [4.69, 9.17) is 13.9 Å². The molecule has 0 aliphatic rings. The first-order valence-corrected chi connectivity index (χ1v) is 4.76. The van der Waals surface area contributed by atoms with E-state index in [1.807, 2.05) is 30.3 Å². The molecule has 0 saturated carbocycles. The van der Waals surface area contributed by atoms with Gasteiger partial charge in [-0.2, -0.15) is 0 Å². The Morgan fingerprint density at radius 1 is 1.12 bits per heavy atom. The molecule has 4 nitrogen and oxygen atoms in total. The fourth-order valence-corrected chi connectivity index (χ4v) is 1.15. The van der Waals surface area contributed by atoms with E-state index in [9.17, 15) is 4.79 Å². The van der Waals surface area contributed by atoms with E-state index in [1.165, 1.54) is 12.3 Å². The highest BCUT2D eigenvalue weighted by atomic mass is 16.8. The Labute approximate surface area is 92.4 Å². The largest absolute Gasteiger partial charge is 0.516 e. The van der Waals surface area contributed by atoms with Crippen LogP contribution in [0.2, 0.25) is 0 Å². The lowest BCUT2D eigenvalue weighted by molar-refractivity contribution is 0.0842. The van der Waals surface area contributed by atoms with Gasteiger partial charge >= 0.3 is 6.16 Å². The van der Waals surface area contributed by atoms with Crippen molar-refractivity contribution in [1.82, 2.24) is 0 Å². The Hall–Kier alpha value is -2.23. The van der Waals surface area contributed by atoms with Crippen molar-refractivity contribution in [1.29, 1.82) is 0 Å². The molecule has 0 unspecified atom stereocenters. The molecule has 0 fully saturated rings. The molecule has 0 aliphatic heterocycles. The second-order valence-corrected chi connectivity index (χ2v) is 3.06. The van der Waals surface area contributed by atoms with Crippen LogP contribution in [0.4, 0.5) is 4.79 Å². The van der Waals surface area contributed by atoms with Gasteiger partial charge in [-0.25, -0.2) is 4.79 Å². The molecule has 0 bridgehead atoms. The van der Waals surface area contributed by atoms with Crippen LogP contribution in [0.3, 0.4) is 0 Å². The van der Waals surface area contributed by atoms with Crippen molar-refractivity contribution in [3.63, 3.8) is 0 Å². The summed E-state index contributed by atoms with van der Waals surface area (Å²) in [5.41, 5.74) is 0.902. The smallest absolute Gasteiger partial charge is 0.434 e. The number of furan rings is 1. The van der Waals surface area contributed by atoms with Crippen molar-refractivity contribution in [2.45, 2.75) is 6.61 Å². The summed E-state index contributed by atoms with van der Waals surface area (Å²) in [6, 6.07) is 12.5. The second kappa shape index (κ2) is 5.02. The highest BCUT2D eigenvalue weighted by molar-refractivity contribution is 5.62. The third kappa shape index (κ3) is 2.88. The molecule has 2 rings (SSSR count). The molecule has 0 radical (unpaired) electrons. The lowest BCUT2D eigenvalue weighted by atomic mass is 10.2. The van der Waals surface area contributed by atoms with Crippen molar-refractivity contribution >= 4 is 6.16 Å². The minimum atomic E-state index is -0.779. The molecule has 4 heteroatoms. The van der Waals surface area contributed by atoms with Crippen molar-refractivity contribution in [2.75, 3.05) is 0 Å². The van der Waals surface area contributed by atoms with E-state index >= 15 is 0 Å². The van der Waals surface area contributed by atoms with Gasteiger partial charge in [0.25, 0.3) is 5.95 Å². The van der Waals surface area contributed by atoms with E-state index in [2.05, 4.69) is 0 Å². The van der Waals surface area contributed by atoms with Crippen LogP contribution in [0, 0.1) is 0 Å². The van der Waals surface area contributed by atoms with Gasteiger partial charge < -0.3 is 13.9 Å². The standard InChI is InChI=1S/C12H10O4/c13-12(16-11-7-4-8-14-11)15-9-10-5-2-1-3-6-10/h1-8H,9H2. The maximum Gasteiger partial charge on any atom is 0.516 e. The van der Waals surface area contributed by atoms with Crippen molar-refractivity contribution in [3.05, 3.63) is 54.3 Å². The van der Waals surface area contributed by atoms with Gasteiger partial charge in [0.2, 0.25) is 0 Å². The molecule has 2 aromatic rings. The van der Waals surface area contributed by atoms with Gasteiger partial charge in [-0.15, -0.1) is 0 Å². The third-order valence-corrected chi connectivity index (χ3v) is 1.88. The zero-order valence-electron chi connectivity index (χ0n) is 8.46. The Balaban J connectivity index is 1.80. The van der Waals surface area contributed by atoms with Crippen molar-refractivity contribution in [2.24, 2.45) is 0 Å². The van der Waals surface area contributed by atoms with E-state index in [-0.39, 0.29) is 12.6 Å². The van der Waals surface area contributed by atoms with Crippen LogP contribution < -0.4 is 4.74 Å². The molecule has 0 aliphatic carbocycles. The molecule has 0 amide bonds. The molecule has 16 heavy (non-hydrogen) atoms. The summed E-state index contributed by atoms with van der Waals surface area (Å²) in [7, 11) is 0. The average molecular weight is 218 g/mol. The van der Waals surface area contributed by atoms with E-state index in [0.717, 1.165) is 5.56 Å². The predicted molar refractivity (Wildman–Crippen MR) is 56.0 cm³/mol. The maximum absolute atomic E-state index is 11.2. The SMILES string of the molecule is O=C(OCc1ccccc1)Oc1ccco1. The van der Waals surface area contributed by atoms with Crippen LogP contribution in [-0.2, 0) is 11.3 Å². The van der Waals surface area contributed by atoms with Crippen LogP contribution in [-0.4, -0.2) is 6.16 Å². The number of benzene rings is 1. The summed E-state index contributed by atoms with van der Waals surface area (Å²) in [4.78, 5) is 11.2. The lowest BCUT2D eigenvalue weighted by Gasteiger charge is -2.03. The predicted octanol–water partition coefficient (Wildman–Crippen LogP) is 3.00. The van der Waals surface area contributed by atoms with Crippen LogP contribution in [0.5, 0.6) is 5.95 Å². The topological polar surface area (TPSA) is 48.7 Å². The zero-order chi connectivity index (χ0) is 11.2. The number of rotatable bonds is 3. The molecule has 0 atom stereocenters. The van der Waals surface area contributed by atoms with E-state index in [1.54, 1.807) is 6.07 Å². The first-order valence-electron chi connectivity index (χ1n) is 4.76. The number of ether oxygens (including phenoxy) is 2. The Morgan fingerprint density at radius 3 is 2.62 bits per heavy atom. The highest BCUT2D eigenvalue weighted by Crippen LogP contribution is 2.11. The quantitative estimate of drug-likeness (QED) is 0.743. The zero-order valence-corrected chi connectivity index (χ0v) is 8.46. The molecule has 0 saturated heterocycles. The average Bonchev–Trinajstić information content (AvgIpc) is 2.81. The van der Waals surface area contributed by atoms with Gasteiger partial charge in [-0.3, -0.25) is 0 Å². The van der Waals surface area contributed by atoms with Gasteiger partial charge in [-0.05, 0) is 11.6 Å². The minimum Gasteiger partial charge on any atom is -0.434 e. The summed E-state index contributed by atoms with van der Waals surface area (Å²) in [6.07, 6.45) is 0.638. The normalized spacial score (nSPS) is 9.75. The number of hydrogen-bond acceptors (Lipinski definition) is 4. The number of carbonyl (C=O) groups excluding carboxylic acids is 1. The fourth-order valence-electron chi connectivity index (χ4n) is 1.15. The Kier molecular flexibility index (Phi) is 3.23. The molecule has 1 aromatic carbocycles. The van der Waals surface area contributed by atoms with Gasteiger partial charge in [0.15, 0.2) is 0 Å². The van der Waals surface area contributed by atoms with Crippen molar-refractivity contribution < 1.29 is 18.7 Å². The summed E-state index contributed by atoms with van der Waals surface area (Å²) in [5.74, 6) is 0.123. The summed E-state index contributed by atoms with van der Waals surface area (Å²) in [6.45, 7) is 0.181. The lowest BCUT2D eigenvalue weighted by Crippen LogP contribution is -2.09. The fraction of sp³-hybridized carbons (Fsp3) is 0.0833. The molecule has 1 aromatic heterocycles. The molecule has 0 spiro atoms. The van der Waals surface area contributed by atoms with Gasteiger partial charge in [-0.1, -0.05) is 30.3 Å². The van der Waals surface area contributed by atoms with Gasteiger partial charge in [0.1, 0.15) is 6.61 Å². The summed E-state index contributed by atoms with van der Waals surface area (Å²) in [5, 5.41) is 0. The highest BCUT2D eigenvalue weighted by Gasteiger charge is 2.07. The molecule has 82 valence electrons. The van der Waals surface area contributed by atoms with E-state index in [0.29, 0.717) is 0 Å². The maximum atomic E-state index is 11.2. The first-order chi connectivity index (χ1) is 7.84. The van der Waals surface area contributed by atoms with Crippen LogP contribution in [0.1, 0.15) is 5.56 Å². The van der Waals surface area contributed by atoms with Crippen LogP contribution in [0.15, 0.2) is 53.1 Å². The van der Waals surface area contributed by atoms with Crippen LogP contribution >= 0.6 is 0 Å². The molecule has 1 heterocycles. The van der Waals surface area contributed by atoms with Gasteiger partial charge in [0, 0.05) is 6.07 Å². The monoisotopic (exact) mass is 218 g/mol. The van der Waals surface area contributed by atoms with E-state index < -0.39 is 6.16 Å². The molecule has 0 N–H and O–H groups in total. The van der Waals surface area contributed by atoms with Crippen LogP contribution in [0.25, 0.3) is 0 Å². The van der Waals surface area contributed by atoms with Crippen molar-refractivity contribution in [3.8, 4) is 5.95 Å². The Morgan fingerprint density at radius 2 is 1.94 bits per heavy atom. The minimum absolute atomic E-state index is 0.123. The Bertz CT molecular complexity index is 433. The summed E-state index contributed by atoms with van der Waals surface area (Å²) < 4.78 is 14.5. The van der Waals surface area contributed by atoms with Gasteiger partial charge in [0.05, 0.1) is 6.26 Å².